The molecule has 3 aromatic rings. The molecule has 38 heavy (non-hydrogen) atoms. The number of nitrogens with two attached hydrogens (primary N) is 2. The van der Waals surface area contributed by atoms with E-state index in [1.54, 1.807) is 55.8 Å². The van der Waals surface area contributed by atoms with Crippen LogP contribution in [0.15, 0.2) is 47.5 Å². The molecule has 2 aromatic carbocycles. The van der Waals surface area contributed by atoms with Crippen LogP contribution in [0.25, 0.3) is 0 Å². The summed E-state index contributed by atoms with van der Waals surface area (Å²) in [6, 6.07) is 13.1. The van der Waals surface area contributed by atoms with E-state index in [-0.39, 0.29) is 41.4 Å². The van der Waals surface area contributed by atoms with E-state index >= 15 is 0 Å². The smallest absolute Gasteiger partial charge is 0.262 e. The molecule has 1 aliphatic rings. The number of aliphatic imine (C=N–C) groups is 1. The lowest BCUT2D eigenvalue weighted by Crippen LogP contribution is -2.32. The van der Waals surface area contributed by atoms with E-state index in [9.17, 15) is 10.1 Å². The number of aromatic nitrogens is 1. The third-order valence-corrected chi connectivity index (χ3v) is 5.59. The number of nitrogens with zero attached hydrogens (tertiary/aromatic N) is 4. The first-order valence-corrected chi connectivity index (χ1v) is 11.1. The number of hydrogen-bond donors (Lipinski definition) is 5. The van der Waals surface area contributed by atoms with Gasteiger partial charge in [-0.3, -0.25) is 10.1 Å². The molecule has 0 saturated carbocycles. The molecule has 0 radical (unpaired) electrons. The maximum Gasteiger partial charge on any atom is 0.262 e. The number of nitrogens with one attached hydrogen (secondary N) is 3. The van der Waals surface area contributed by atoms with E-state index in [1.807, 2.05) is 6.07 Å². The molecule has 0 saturated heterocycles. The van der Waals surface area contributed by atoms with Crippen LogP contribution in [-0.4, -0.2) is 37.7 Å². The Bertz CT molecular complexity index is 1490. The molecule has 0 aliphatic carbocycles. The molecule has 192 valence electrons. The first-order chi connectivity index (χ1) is 18.4. The Morgan fingerprint density at radius 2 is 1.87 bits per heavy atom. The van der Waals surface area contributed by atoms with Crippen molar-refractivity contribution in [3.05, 3.63) is 59.2 Å². The van der Waals surface area contributed by atoms with Gasteiger partial charge in [0.05, 0.1) is 19.9 Å². The second-order valence-corrected chi connectivity index (χ2v) is 7.88. The summed E-state index contributed by atoms with van der Waals surface area (Å²) in [4.78, 5) is 21.1. The van der Waals surface area contributed by atoms with Crippen LogP contribution < -0.4 is 41.6 Å². The number of amides is 1. The summed E-state index contributed by atoms with van der Waals surface area (Å²) in [7, 11) is 3.01. The van der Waals surface area contributed by atoms with E-state index in [0.29, 0.717) is 34.1 Å². The number of nitrogen functional groups attached to an aromatic ring is 2. The fourth-order valence-corrected chi connectivity index (χ4v) is 3.81. The summed E-state index contributed by atoms with van der Waals surface area (Å²) in [6.07, 6.45) is 1.80. The Morgan fingerprint density at radius 1 is 1.11 bits per heavy atom. The van der Waals surface area contributed by atoms with Gasteiger partial charge in [0.1, 0.15) is 35.1 Å². The molecule has 1 aromatic heterocycles. The highest BCUT2D eigenvalue weighted by Crippen LogP contribution is 2.42. The van der Waals surface area contributed by atoms with Crippen molar-refractivity contribution in [2.45, 2.75) is 6.04 Å². The number of fused-ring (bicyclic) bond motifs is 1. The van der Waals surface area contributed by atoms with Gasteiger partial charge in [-0.05, 0) is 42.0 Å². The van der Waals surface area contributed by atoms with Crippen LogP contribution in [0.1, 0.15) is 22.7 Å². The summed E-state index contributed by atoms with van der Waals surface area (Å²) in [5.74, 6) is 1.27. The van der Waals surface area contributed by atoms with Gasteiger partial charge >= 0.3 is 0 Å². The summed E-state index contributed by atoms with van der Waals surface area (Å²) in [5.41, 5.74) is 13.9. The maximum atomic E-state index is 12.4. The van der Waals surface area contributed by atoms with Crippen molar-refractivity contribution in [2.24, 2.45) is 4.99 Å². The molecule has 4 rings (SSSR count). The minimum atomic E-state index is -0.761. The third kappa shape index (κ3) is 5.12. The van der Waals surface area contributed by atoms with E-state index in [0.717, 1.165) is 0 Å². The van der Waals surface area contributed by atoms with Gasteiger partial charge in [-0.25, -0.2) is 9.98 Å². The van der Waals surface area contributed by atoms with Crippen molar-refractivity contribution < 1.29 is 19.0 Å². The minimum Gasteiger partial charge on any atom is -0.497 e. The van der Waals surface area contributed by atoms with Crippen LogP contribution >= 0.6 is 0 Å². The summed E-state index contributed by atoms with van der Waals surface area (Å²) < 4.78 is 16.3. The van der Waals surface area contributed by atoms with E-state index in [4.69, 9.17) is 30.9 Å². The quantitative estimate of drug-likeness (QED) is 0.228. The maximum absolute atomic E-state index is 12.4. The molecule has 1 unspecified atom stereocenters. The normalized spacial score (nSPS) is 13.5. The van der Waals surface area contributed by atoms with Gasteiger partial charge in [-0.1, -0.05) is 6.07 Å². The predicted molar refractivity (Wildman–Crippen MR) is 140 cm³/mol. The van der Waals surface area contributed by atoms with Gasteiger partial charge in [0, 0.05) is 11.3 Å². The van der Waals surface area contributed by atoms with Crippen LogP contribution in [0.4, 0.5) is 23.0 Å². The standard InChI is InChI=1S/C25H23N9O4/c1-36-15-6-4-14(5-7-15)31-19(35)11-38-17-8-3-13(9-18(17)37-2)22-20-21(28)16(10-26)23(29)33-24(20)34-25(32-22)30-12-27/h3-9,22H,11H2,1-2H3,(H,31,35)(H6,28,29,30,32,33,34). The van der Waals surface area contributed by atoms with Crippen molar-refractivity contribution in [3.8, 4) is 29.5 Å². The number of nitriles is 2. The van der Waals surface area contributed by atoms with Gasteiger partial charge in [-0.2, -0.15) is 10.5 Å². The lowest BCUT2D eigenvalue weighted by molar-refractivity contribution is -0.118. The van der Waals surface area contributed by atoms with Crippen LogP contribution in [-0.2, 0) is 4.79 Å². The van der Waals surface area contributed by atoms with E-state index in [2.05, 4.69) is 25.9 Å². The topological polar surface area (TPSA) is 206 Å². The van der Waals surface area contributed by atoms with Crippen molar-refractivity contribution in [3.63, 3.8) is 0 Å². The fraction of sp³-hybridized carbons (Fsp3) is 0.160. The molecule has 0 fully saturated rings. The molecule has 1 amide bonds. The Labute approximate surface area is 217 Å². The van der Waals surface area contributed by atoms with Crippen LogP contribution in [0.2, 0.25) is 0 Å². The minimum absolute atomic E-state index is 0.0252. The highest BCUT2D eigenvalue weighted by molar-refractivity contribution is 5.98. The Kier molecular flexibility index (Phi) is 7.30. The van der Waals surface area contributed by atoms with Crippen molar-refractivity contribution in [2.75, 3.05) is 42.9 Å². The number of carbonyl (C=O) groups excluding carboxylic acids is 1. The summed E-state index contributed by atoms with van der Waals surface area (Å²) in [5, 5.41) is 26.6. The number of methoxy groups -OCH3 is 2. The lowest BCUT2D eigenvalue weighted by Gasteiger charge is -2.26. The van der Waals surface area contributed by atoms with Gasteiger partial charge < -0.3 is 36.3 Å². The molecule has 13 nitrogen and oxygen atoms in total. The third-order valence-electron chi connectivity index (χ3n) is 5.59. The highest BCUT2D eigenvalue weighted by atomic mass is 16.5. The first-order valence-electron chi connectivity index (χ1n) is 11.1. The van der Waals surface area contributed by atoms with Crippen molar-refractivity contribution in [1.82, 2.24) is 10.3 Å². The molecule has 0 bridgehead atoms. The second-order valence-electron chi connectivity index (χ2n) is 7.88. The van der Waals surface area contributed by atoms with Gasteiger partial charge in [0.15, 0.2) is 24.3 Å². The number of benzene rings is 2. The van der Waals surface area contributed by atoms with Crippen LogP contribution in [0.3, 0.4) is 0 Å². The molecular weight excluding hydrogens is 490 g/mol. The van der Waals surface area contributed by atoms with Crippen LogP contribution in [0, 0.1) is 22.8 Å². The molecule has 7 N–H and O–H groups in total. The fourth-order valence-electron chi connectivity index (χ4n) is 3.81. The number of hydrogen-bond acceptors (Lipinski definition) is 12. The largest absolute Gasteiger partial charge is 0.497 e. The molecule has 1 atom stereocenters. The summed E-state index contributed by atoms with van der Waals surface area (Å²) >= 11 is 0. The molecule has 13 heteroatoms. The van der Waals surface area contributed by atoms with Gasteiger partial charge in [-0.15, -0.1) is 0 Å². The van der Waals surface area contributed by atoms with Crippen molar-refractivity contribution in [1.29, 1.82) is 10.5 Å². The molecule has 2 heterocycles. The number of ether oxygens (including phenoxy) is 3. The monoisotopic (exact) mass is 513 g/mol. The second kappa shape index (κ2) is 10.9. The Hall–Kier alpha value is -5.69. The average Bonchev–Trinajstić information content (AvgIpc) is 2.92. The first kappa shape index (κ1) is 25.4. The lowest BCUT2D eigenvalue weighted by atomic mass is 9.95. The summed E-state index contributed by atoms with van der Waals surface area (Å²) in [6.45, 7) is -0.270. The number of guanidine groups is 1. The number of rotatable bonds is 7. The SMILES string of the molecule is COc1ccc(NC(=O)COc2ccc(C3N=C(NC#N)Nc4nc(N)c(C#N)c(N)c43)cc2OC)cc1. The van der Waals surface area contributed by atoms with Gasteiger partial charge in [0.25, 0.3) is 5.91 Å². The number of pyridine rings is 1. The Balaban J connectivity index is 1.59. The molecular formula is C25H23N9O4. The van der Waals surface area contributed by atoms with Crippen LogP contribution in [0.5, 0.6) is 17.2 Å². The zero-order valence-corrected chi connectivity index (χ0v) is 20.4. The Morgan fingerprint density at radius 3 is 2.53 bits per heavy atom. The average molecular weight is 514 g/mol. The predicted octanol–water partition coefficient (Wildman–Crippen LogP) is 2.09. The number of anilines is 4. The van der Waals surface area contributed by atoms with E-state index in [1.165, 1.54) is 7.11 Å². The van der Waals surface area contributed by atoms with E-state index < -0.39 is 6.04 Å². The molecule has 0 spiro atoms. The molecule has 1 aliphatic heterocycles. The zero-order chi connectivity index (χ0) is 27.2. The van der Waals surface area contributed by atoms with Gasteiger partial charge in [0.2, 0.25) is 5.96 Å². The number of carbonyl (C=O) groups is 1. The zero-order valence-electron chi connectivity index (χ0n) is 20.4. The highest BCUT2D eigenvalue weighted by Gasteiger charge is 2.30. The van der Waals surface area contributed by atoms with Crippen molar-refractivity contribution >= 4 is 34.9 Å².